The van der Waals surface area contributed by atoms with E-state index in [1.807, 2.05) is 0 Å². The van der Waals surface area contributed by atoms with Crippen LogP contribution in [-0.2, 0) is 25.8 Å². The van der Waals surface area contributed by atoms with Crippen molar-refractivity contribution in [3.8, 4) is 0 Å². The summed E-state index contributed by atoms with van der Waals surface area (Å²) < 4.78 is 2.83. The van der Waals surface area contributed by atoms with E-state index < -0.39 is 16.2 Å². The Labute approximate surface area is 72.2 Å². The number of hydrogen-bond donors (Lipinski definition) is 0. The molecule has 0 aromatic heterocycles. The van der Waals surface area contributed by atoms with Crippen molar-refractivity contribution < 1.29 is 25.8 Å². The van der Waals surface area contributed by atoms with E-state index in [-0.39, 0.29) is 0 Å². The molecule has 0 heterocycles. The van der Waals surface area contributed by atoms with Gasteiger partial charge in [-0.1, -0.05) is 6.92 Å². The number of carbonyl (C=O) groups excluding carboxylic acids is 2. The Balaban J connectivity index is 0.000000187. The molecule has 0 spiro atoms. The molecule has 0 aromatic rings. The minimum atomic E-state index is -0.704. The van der Waals surface area contributed by atoms with Gasteiger partial charge < -0.3 is 0 Å². The molecule has 1 aliphatic carbocycles. The van der Waals surface area contributed by atoms with E-state index in [2.05, 4.69) is 25.2 Å². The zero-order valence-electron chi connectivity index (χ0n) is 6.01. The van der Waals surface area contributed by atoms with E-state index in [9.17, 15) is 0 Å². The molecule has 0 unspecified atom stereocenters. The summed E-state index contributed by atoms with van der Waals surface area (Å²) >= 11 is -0.704. The third-order valence-corrected chi connectivity index (χ3v) is 1.27. The van der Waals surface area contributed by atoms with Gasteiger partial charge in [-0.3, -0.25) is 6.08 Å². The molecule has 3 heteroatoms. The summed E-state index contributed by atoms with van der Waals surface area (Å²) in [5.41, 5.74) is 1.27. The van der Waals surface area contributed by atoms with Crippen LogP contribution in [0.3, 0.4) is 0 Å². The predicted octanol–water partition coefficient (Wildman–Crippen LogP) is 0.899. The van der Waals surface area contributed by atoms with Crippen LogP contribution in [0.2, 0.25) is 0 Å². The third kappa shape index (κ3) is 7.16. The first kappa shape index (κ1) is 10.3. The first-order chi connectivity index (χ1) is 5.31. The van der Waals surface area contributed by atoms with Gasteiger partial charge in [-0.25, -0.2) is 11.6 Å². The molecule has 1 rings (SSSR count). The molecule has 0 saturated carbocycles. The molecule has 61 valence electrons. The van der Waals surface area contributed by atoms with E-state index in [4.69, 9.17) is 9.59 Å². The number of hydrogen-bond acceptors (Lipinski definition) is 2. The molecule has 0 amide bonds. The predicted molar refractivity (Wildman–Crippen MR) is 37.6 cm³/mol. The summed E-state index contributed by atoms with van der Waals surface area (Å²) in [6, 6.07) is 0. The molecule has 11 heavy (non-hydrogen) atoms. The van der Waals surface area contributed by atoms with Crippen molar-refractivity contribution >= 4 is 8.95 Å². The van der Waals surface area contributed by atoms with Crippen LogP contribution >= 0.6 is 0 Å². The zero-order chi connectivity index (χ0) is 8.53. The van der Waals surface area contributed by atoms with Gasteiger partial charge in [0, 0.05) is 0 Å². The van der Waals surface area contributed by atoms with E-state index in [1.54, 1.807) is 0 Å². The van der Waals surface area contributed by atoms with Gasteiger partial charge in [0.25, 0.3) is 0 Å². The quantitative estimate of drug-likeness (QED) is 0.464. The van der Waals surface area contributed by atoms with Gasteiger partial charge in [-0.2, -0.15) is 6.08 Å². The second kappa shape index (κ2) is 7.37. The summed E-state index contributed by atoms with van der Waals surface area (Å²) in [6.45, 7) is 2.06. The standard InChI is InChI=1S/C6H7.2CO.Rh/c1-6-4-2-3-5-6;2*1-2;/h2,4H,3H2,1H3;;;/q-1;;;. The topological polar surface area (TPSA) is 34.1 Å². The molecule has 0 atom stereocenters. The van der Waals surface area contributed by atoms with Crippen LogP contribution in [0.25, 0.3) is 0 Å². The average Bonchev–Trinajstić information content (AvgIpc) is 2.43. The van der Waals surface area contributed by atoms with Crippen molar-refractivity contribution in [1.82, 2.24) is 0 Å². The van der Waals surface area contributed by atoms with Gasteiger partial charge in [0.2, 0.25) is 0 Å². The zero-order valence-corrected chi connectivity index (χ0v) is 7.65. The second-order valence-electron chi connectivity index (χ2n) is 1.69. The second-order valence-corrected chi connectivity index (χ2v) is 2.76. The maximum absolute atomic E-state index is 9.05. The van der Waals surface area contributed by atoms with Gasteiger partial charge in [0.15, 0.2) is 0 Å². The Hall–Kier alpha value is -0.737. The Morgan fingerprint density at radius 3 is 2.27 bits per heavy atom. The van der Waals surface area contributed by atoms with Crippen LogP contribution in [0.5, 0.6) is 0 Å². The van der Waals surface area contributed by atoms with Gasteiger partial charge in [0.1, 0.15) is 0 Å². The van der Waals surface area contributed by atoms with Crippen molar-refractivity contribution in [3.05, 3.63) is 23.8 Å². The molecule has 0 N–H and O–H groups in total. The van der Waals surface area contributed by atoms with Crippen LogP contribution in [0.1, 0.15) is 13.3 Å². The Morgan fingerprint density at radius 1 is 1.55 bits per heavy atom. The molecule has 0 aliphatic heterocycles. The van der Waals surface area contributed by atoms with Gasteiger partial charge in [-0.15, -0.1) is 6.42 Å². The van der Waals surface area contributed by atoms with Gasteiger partial charge in [0.05, 0.1) is 0 Å². The fraction of sp³-hybridized carbons (Fsp3) is 0.250. The number of rotatable bonds is 0. The van der Waals surface area contributed by atoms with Crippen molar-refractivity contribution in [2.75, 3.05) is 0 Å². The Morgan fingerprint density at radius 2 is 2.18 bits per heavy atom. The molecule has 0 radical (unpaired) electrons. The summed E-state index contributed by atoms with van der Waals surface area (Å²) in [7, 11) is 0. The number of allylic oxidation sites excluding steroid dienone is 4. The first-order valence-electron chi connectivity index (χ1n) is 2.88. The summed E-state index contributed by atoms with van der Waals surface area (Å²) in [5.74, 6) is 0. The fourth-order valence-electron chi connectivity index (χ4n) is 0.528. The van der Waals surface area contributed by atoms with Crippen LogP contribution in [0.4, 0.5) is 0 Å². The van der Waals surface area contributed by atoms with E-state index in [1.165, 1.54) is 14.5 Å². The van der Waals surface area contributed by atoms with Crippen molar-refractivity contribution in [2.45, 2.75) is 13.3 Å². The molecule has 0 bridgehead atoms. The minimum absolute atomic E-state index is 0.704. The van der Waals surface area contributed by atoms with Crippen LogP contribution in [0, 0.1) is 6.08 Å². The Kier molecular flexibility index (Phi) is 6.88. The SMILES string of the molecule is CC1=[C-]CC=C1.O=[C]=[Rh]=[C]=O. The first-order valence-corrected chi connectivity index (χ1v) is 4.51. The van der Waals surface area contributed by atoms with E-state index in [0.717, 1.165) is 6.42 Å². The normalized spacial score (nSPS) is 12.3. The molecular formula is C8H7O2Rh-. The van der Waals surface area contributed by atoms with Gasteiger partial charge in [-0.05, 0) is 0 Å². The maximum atomic E-state index is 9.05. The van der Waals surface area contributed by atoms with Crippen molar-refractivity contribution in [1.29, 1.82) is 0 Å². The molecule has 1 aliphatic rings. The summed E-state index contributed by atoms with van der Waals surface area (Å²) in [5, 5.41) is 0. The summed E-state index contributed by atoms with van der Waals surface area (Å²) in [6.07, 6.45) is 8.33. The molecule has 0 saturated heterocycles. The van der Waals surface area contributed by atoms with Crippen molar-refractivity contribution in [3.63, 3.8) is 0 Å². The van der Waals surface area contributed by atoms with Crippen LogP contribution < -0.4 is 0 Å². The van der Waals surface area contributed by atoms with E-state index in [0.29, 0.717) is 0 Å². The molecule has 0 fully saturated rings. The fourth-order valence-corrected chi connectivity index (χ4v) is 0.597. The van der Waals surface area contributed by atoms with E-state index >= 15 is 0 Å². The molecule has 0 aromatic carbocycles. The summed E-state index contributed by atoms with van der Waals surface area (Å²) in [4.78, 5) is 18.1. The third-order valence-electron chi connectivity index (χ3n) is 0.935. The molecule has 2 nitrogen and oxygen atoms in total. The average molecular weight is 238 g/mol. The monoisotopic (exact) mass is 238 g/mol. The Bertz CT molecular complexity index is 258. The van der Waals surface area contributed by atoms with Crippen LogP contribution in [0.15, 0.2) is 17.7 Å². The van der Waals surface area contributed by atoms with Gasteiger partial charge >= 0.3 is 34.8 Å². The molecular weight excluding hydrogens is 231 g/mol. The van der Waals surface area contributed by atoms with Crippen molar-refractivity contribution in [2.24, 2.45) is 0 Å². The van der Waals surface area contributed by atoms with Crippen LogP contribution in [-0.4, -0.2) is 8.95 Å².